The number of benzene rings is 1. The van der Waals surface area contributed by atoms with E-state index in [-0.39, 0.29) is 29.0 Å². The molecule has 1 aromatic carbocycles. The fourth-order valence-electron chi connectivity index (χ4n) is 2.72. The van der Waals surface area contributed by atoms with Crippen LogP contribution < -0.4 is 11.1 Å². The van der Waals surface area contributed by atoms with Crippen molar-refractivity contribution in [2.75, 3.05) is 5.73 Å². The van der Waals surface area contributed by atoms with Gasteiger partial charge in [0.15, 0.2) is 16.7 Å². The molecule has 140 valence electrons. The van der Waals surface area contributed by atoms with Crippen LogP contribution >= 0.6 is 11.6 Å². The number of nitrogen functional groups attached to an aromatic ring is 1. The molecule has 0 atom stereocenters. The fraction of sp³-hybridized carbons (Fsp3) is 0.111. The lowest BCUT2D eigenvalue weighted by molar-refractivity contribution is 0.0946. The summed E-state index contributed by atoms with van der Waals surface area (Å²) in [6.07, 6.45) is 3.26. The minimum absolute atomic E-state index is 0.0261. The second-order valence-corrected chi connectivity index (χ2v) is 6.38. The predicted octanol–water partition coefficient (Wildman–Crippen LogP) is 2.08. The summed E-state index contributed by atoms with van der Waals surface area (Å²) >= 11 is 6.16. The Labute approximate surface area is 164 Å². The van der Waals surface area contributed by atoms with Crippen molar-refractivity contribution in [2.24, 2.45) is 0 Å². The Balaban J connectivity index is 1.57. The van der Waals surface area contributed by atoms with E-state index >= 15 is 0 Å². The molecule has 4 rings (SSSR count). The molecule has 0 fully saturated rings. The zero-order valence-electron chi connectivity index (χ0n) is 14.8. The molecule has 0 unspecified atom stereocenters. The van der Waals surface area contributed by atoms with Gasteiger partial charge in [-0.05, 0) is 18.6 Å². The zero-order chi connectivity index (χ0) is 19.7. The summed E-state index contributed by atoms with van der Waals surface area (Å²) in [6, 6.07) is 9.58. The maximum absolute atomic E-state index is 12.6. The molecule has 3 aromatic heterocycles. The normalized spacial score (nSPS) is 10.9. The molecule has 1 amide bonds. The molecule has 0 saturated heterocycles. The topological polar surface area (TPSA) is 125 Å². The standard InChI is InChI=1S/C18H15ClN8O/c1-10-8-23-27(26-10)17-15(19)24-14(16(20)25-17)18(28)22-9-12-5-2-4-11-6-3-7-21-13(11)12/h2-8H,9H2,1H3,(H2,20,25)(H,22,28). The van der Waals surface area contributed by atoms with Gasteiger partial charge >= 0.3 is 0 Å². The molecule has 0 spiro atoms. The monoisotopic (exact) mass is 394 g/mol. The van der Waals surface area contributed by atoms with E-state index in [4.69, 9.17) is 17.3 Å². The Morgan fingerprint density at radius 2 is 2.07 bits per heavy atom. The highest BCUT2D eigenvalue weighted by Crippen LogP contribution is 2.19. The zero-order valence-corrected chi connectivity index (χ0v) is 15.6. The van der Waals surface area contributed by atoms with Gasteiger partial charge in [0.25, 0.3) is 5.91 Å². The highest BCUT2D eigenvalue weighted by Gasteiger charge is 2.19. The second-order valence-electron chi connectivity index (χ2n) is 6.02. The lowest BCUT2D eigenvalue weighted by Crippen LogP contribution is -2.26. The molecule has 10 heteroatoms. The molecule has 0 aliphatic heterocycles. The molecule has 3 N–H and O–H groups in total. The van der Waals surface area contributed by atoms with Gasteiger partial charge in [-0.2, -0.15) is 10.2 Å². The molecule has 0 radical (unpaired) electrons. The maximum Gasteiger partial charge on any atom is 0.274 e. The van der Waals surface area contributed by atoms with Crippen molar-refractivity contribution < 1.29 is 4.79 Å². The second kappa shape index (κ2) is 7.20. The molecule has 0 aliphatic carbocycles. The number of carbonyl (C=O) groups is 1. The molecule has 0 saturated carbocycles. The fourth-order valence-corrected chi connectivity index (χ4v) is 2.93. The first-order valence-electron chi connectivity index (χ1n) is 8.36. The van der Waals surface area contributed by atoms with Crippen LogP contribution in [0, 0.1) is 6.92 Å². The number of hydrogen-bond acceptors (Lipinski definition) is 7. The van der Waals surface area contributed by atoms with Crippen LogP contribution in [0.1, 0.15) is 21.7 Å². The van der Waals surface area contributed by atoms with E-state index in [1.807, 2.05) is 30.3 Å². The van der Waals surface area contributed by atoms with Crippen molar-refractivity contribution in [1.29, 1.82) is 0 Å². The van der Waals surface area contributed by atoms with Crippen molar-refractivity contribution >= 4 is 34.2 Å². The largest absolute Gasteiger partial charge is 0.382 e. The summed E-state index contributed by atoms with van der Waals surface area (Å²) in [7, 11) is 0. The van der Waals surface area contributed by atoms with Gasteiger partial charge in [-0.15, -0.1) is 4.80 Å². The number of rotatable bonds is 4. The SMILES string of the molecule is Cc1cnn(-c2nc(N)c(C(=O)NCc3cccc4cccnc34)nc2Cl)n1. The summed E-state index contributed by atoms with van der Waals surface area (Å²) in [5, 5.41) is 11.9. The lowest BCUT2D eigenvalue weighted by Gasteiger charge is -2.10. The van der Waals surface area contributed by atoms with Gasteiger partial charge in [0.05, 0.1) is 17.4 Å². The molecule has 28 heavy (non-hydrogen) atoms. The van der Waals surface area contributed by atoms with E-state index in [1.165, 1.54) is 4.80 Å². The number of nitrogens with one attached hydrogen (secondary N) is 1. The van der Waals surface area contributed by atoms with Gasteiger partial charge < -0.3 is 11.1 Å². The minimum atomic E-state index is -0.490. The number of hydrogen-bond donors (Lipinski definition) is 2. The van der Waals surface area contributed by atoms with Gasteiger partial charge in [-0.25, -0.2) is 9.97 Å². The Kier molecular flexibility index (Phi) is 4.58. The average Bonchev–Trinajstić information content (AvgIpc) is 3.13. The number of nitrogens with two attached hydrogens (primary N) is 1. The van der Waals surface area contributed by atoms with Crippen molar-refractivity contribution in [3.63, 3.8) is 0 Å². The minimum Gasteiger partial charge on any atom is -0.382 e. The van der Waals surface area contributed by atoms with Crippen molar-refractivity contribution in [3.8, 4) is 5.82 Å². The number of aryl methyl sites for hydroxylation is 1. The van der Waals surface area contributed by atoms with E-state index in [1.54, 1.807) is 19.3 Å². The summed E-state index contributed by atoms with van der Waals surface area (Å²) in [5.74, 6) is -0.402. The Morgan fingerprint density at radius 3 is 2.86 bits per heavy atom. The highest BCUT2D eigenvalue weighted by atomic mass is 35.5. The summed E-state index contributed by atoms with van der Waals surface area (Å²) in [6.45, 7) is 2.03. The summed E-state index contributed by atoms with van der Waals surface area (Å²) in [5.41, 5.74) is 8.23. The van der Waals surface area contributed by atoms with Gasteiger partial charge in [0.2, 0.25) is 5.82 Å². The third-order valence-corrected chi connectivity index (χ3v) is 4.28. The molecular weight excluding hydrogens is 380 g/mol. The van der Waals surface area contributed by atoms with Gasteiger partial charge in [-0.1, -0.05) is 35.9 Å². The summed E-state index contributed by atoms with van der Waals surface area (Å²) in [4.78, 5) is 26.4. The lowest BCUT2D eigenvalue weighted by atomic mass is 10.1. The molecule has 9 nitrogen and oxygen atoms in total. The maximum atomic E-state index is 12.6. The van der Waals surface area contributed by atoms with Gasteiger partial charge in [0, 0.05) is 18.1 Å². The molecule has 0 aliphatic rings. The van der Waals surface area contributed by atoms with E-state index < -0.39 is 5.91 Å². The number of pyridine rings is 1. The van der Waals surface area contributed by atoms with Gasteiger partial charge in [0.1, 0.15) is 0 Å². The first kappa shape index (κ1) is 17.8. The quantitative estimate of drug-likeness (QED) is 0.542. The van der Waals surface area contributed by atoms with Crippen LogP contribution in [-0.4, -0.2) is 35.9 Å². The smallest absolute Gasteiger partial charge is 0.274 e. The number of nitrogens with zero attached hydrogens (tertiary/aromatic N) is 6. The predicted molar refractivity (Wildman–Crippen MR) is 104 cm³/mol. The average molecular weight is 395 g/mol. The molecular formula is C18H15ClN8O. The van der Waals surface area contributed by atoms with Crippen LogP contribution in [0.15, 0.2) is 42.7 Å². The van der Waals surface area contributed by atoms with Crippen LogP contribution in [0.3, 0.4) is 0 Å². The van der Waals surface area contributed by atoms with E-state index in [9.17, 15) is 4.79 Å². The Hall–Kier alpha value is -3.59. The molecule has 4 aromatic rings. The van der Waals surface area contributed by atoms with Crippen LogP contribution in [0.2, 0.25) is 5.15 Å². The Morgan fingerprint density at radius 1 is 1.25 bits per heavy atom. The Bertz CT molecular complexity index is 1180. The van der Waals surface area contributed by atoms with Crippen LogP contribution in [0.25, 0.3) is 16.7 Å². The number of para-hydroxylation sites is 1. The summed E-state index contributed by atoms with van der Waals surface area (Å²) < 4.78 is 0. The molecule has 0 bridgehead atoms. The highest BCUT2D eigenvalue weighted by molar-refractivity contribution is 6.31. The van der Waals surface area contributed by atoms with Crippen molar-refractivity contribution in [2.45, 2.75) is 13.5 Å². The van der Waals surface area contributed by atoms with E-state index in [2.05, 4.69) is 30.5 Å². The number of amides is 1. The first-order chi connectivity index (χ1) is 13.5. The van der Waals surface area contributed by atoms with E-state index in [0.717, 1.165) is 16.5 Å². The van der Waals surface area contributed by atoms with Crippen LogP contribution in [0.4, 0.5) is 5.82 Å². The van der Waals surface area contributed by atoms with E-state index in [0.29, 0.717) is 5.69 Å². The first-order valence-corrected chi connectivity index (χ1v) is 8.74. The number of anilines is 1. The van der Waals surface area contributed by atoms with Crippen LogP contribution in [0.5, 0.6) is 0 Å². The third-order valence-electron chi connectivity index (χ3n) is 4.03. The number of aromatic nitrogens is 6. The third kappa shape index (κ3) is 3.35. The van der Waals surface area contributed by atoms with Gasteiger partial charge in [-0.3, -0.25) is 9.78 Å². The number of carbonyl (C=O) groups excluding carboxylic acids is 1. The van der Waals surface area contributed by atoms with Crippen molar-refractivity contribution in [1.82, 2.24) is 35.3 Å². The van der Waals surface area contributed by atoms with Crippen LogP contribution in [-0.2, 0) is 6.54 Å². The van der Waals surface area contributed by atoms with Crippen molar-refractivity contribution in [3.05, 3.63) is 64.8 Å². The number of halogens is 1. The number of fused-ring (bicyclic) bond motifs is 1. The molecule has 3 heterocycles.